The van der Waals surface area contributed by atoms with Crippen LogP contribution in [-0.2, 0) is 15.6 Å². The van der Waals surface area contributed by atoms with Gasteiger partial charge in [0, 0.05) is 23.0 Å². The minimum Gasteiger partial charge on any atom is -0.394 e. The lowest BCUT2D eigenvalue weighted by atomic mass is 9.63. The van der Waals surface area contributed by atoms with Gasteiger partial charge in [0.2, 0.25) is 0 Å². The van der Waals surface area contributed by atoms with Gasteiger partial charge >= 0.3 is 5.69 Å². The highest BCUT2D eigenvalue weighted by molar-refractivity contribution is 6.07. The number of nitrogens with one attached hydrogen (secondary N) is 2. The second kappa shape index (κ2) is 11.1. The SMILES string of the molecule is CC1(C)CCC(C)(C)c2cc(NC(=O)c3ccc(C(=O)Nc4ccn([C@@H]5O[C@H](CO)[C@@H](O)[C@@H]5O)c(=O)n4)cc3)ccc21. The van der Waals surface area contributed by atoms with Gasteiger partial charge in [0.1, 0.15) is 24.1 Å². The quantitative estimate of drug-likeness (QED) is 0.299. The number of aromatic nitrogens is 2. The number of hydrogen-bond donors (Lipinski definition) is 5. The lowest BCUT2D eigenvalue weighted by Crippen LogP contribution is -2.36. The molecule has 0 radical (unpaired) electrons. The van der Waals surface area contributed by atoms with Crippen LogP contribution in [0.4, 0.5) is 11.5 Å². The number of ether oxygens (including phenoxy) is 1. The molecule has 11 nitrogen and oxygen atoms in total. The molecule has 4 atom stereocenters. The normalized spacial score (nSPS) is 24.1. The van der Waals surface area contributed by atoms with Crippen LogP contribution < -0.4 is 16.3 Å². The molecular formula is C31H36N4O7. The first-order valence-corrected chi connectivity index (χ1v) is 13.9. The summed E-state index contributed by atoms with van der Waals surface area (Å²) in [6.07, 6.45) is -1.65. The van der Waals surface area contributed by atoms with Gasteiger partial charge in [-0.2, -0.15) is 4.98 Å². The molecule has 2 aliphatic rings. The second-order valence-electron chi connectivity index (χ2n) is 12.2. The molecule has 1 fully saturated rings. The van der Waals surface area contributed by atoms with Gasteiger partial charge in [-0.05, 0) is 77.3 Å². The van der Waals surface area contributed by atoms with Crippen molar-refractivity contribution in [2.45, 2.75) is 75.9 Å². The number of hydrogen-bond acceptors (Lipinski definition) is 8. The molecule has 0 saturated carbocycles. The Balaban J connectivity index is 1.24. The molecule has 1 aliphatic carbocycles. The van der Waals surface area contributed by atoms with Crippen molar-refractivity contribution < 1.29 is 29.6 Å². The maximum Gasteiger partial charge on any atom is 0.351 e. The number of amides is 2. The van der Waals surface area contributed by atoms with Crippen LogP contribution in [0.2, 0.25) is 0 Å². The Hall–Kier alpha value is -3.90. The molecule has 1 saturated heterocycles. The van der Waals surface area contributed by atoms with Crippen LogP contribution in [0.1, 0.15) is 78.6 Å². The molecule has 1 aliphatic heterocycles. The van der Waals surface area contributed by atoms with Gasteiger partial charge in [0.15, 0.2) is 6.23 Å². The molecule has 0 unspecified atom stereocenters. The van der Waals surface area contributed by atoms with Crippen LogP contribution >= 0.6 is 0 Å². The van der Waals surface area contributed by atoms with Crippen LogP contribution in [-0.4, -0.2) is 61.6 Å². The maximum absolute atomic E-state index is 13.0. The monoisotopic (exact) mass is 576 g/mol. The molecule has 2 amide bonds. The third-order valence-electron chi connectivity index (χ3n) is 8.38. The van der Waals surface area contributed by atoms with Crippen molar-refractivity contribution in [3.8, 4) is 0 Å². The average molecular weight is 577 g/mol. The van der Waals surface area contributed by atoms with E-state index >= 15 is 0 Å². The topological polar surface area (TPSA) is 163 Å². The van der Waals surface area contributed by atoms with Gasteiger partial charge in [-0.3, -0.25) is 14.2 Å². The largest absolute Gasteiger partial charge is 0.394 e. The predicted molar refractivity (Wildman–Crippen MR) is 156 cm³/mol. The van der Waals surface area contributed by atoms with Crippen molar-refractivity contribution in [1.29, 1.82) is 0 Å². The highest BCUT2D eigenvalue weighted by Crippen LogP contribution is 2.46. The van der Waals surface area contributed by atoms with Crippen molar-refractivity contribution in [1.82, 2.24) is 9.55 Å². The van der Waals surface area contributed by atoms with E-state index in [0.717, 1.165) is 17.4 Å². The summed E-state index contributed by atoms with van der Waals surface area (Å²) in [6.45, 7) is 8.42. The number of rotatable bonds is 6. The Kier molecular flexibility index (Phi) is 7.80. The number of benzene rings is 2. The summed E-state index contributed by atoms with van der Waals surface area (Å²) in [6, 6.07) is 13.5. The zero-order valence-corrected chi connectivity index (χ0v) is 24.0. The van der Waals surface area contributed by atoms with E-state index < -0.39 is 42.7 Å². The van der Waals surface area contributed by atoms with E-state index in [2.05, 4.69) is 55.4 Å². The summed E-state index contributed by atoms with van der Waals surface area (Å²) in [5.74, 6) is -0.877. The number of carbonyl (C=O) groups is 2. The minimum absolute atomic E-state index is 0.0122. The van der Waals surface area contributed by atoms with Crippen molar-refractivity contribution in [2.75, 3.05) is 17.2 Å². The predicted octanol–water partition coefficient (Wildman–Crippen LogP) is 2.71. The molecule has 1 aromatic heterocycles. The lowest BCUT2D eigenvalue weighted by molar-refractivity contribution is -0.0549. The molecule has 5 rings (SSSR count). The molecule has 2 aromatic carbocycles. The zero-order chi connectivity index (χ0) is 30.4. The van der Waals surface area contributed by atoms with E-state index in [-0.39, 0.29) is 28.1 Å². The molecule has 11 heteroatoms. The highest BCUT2D eigenvalue weighted by atomic mass is 16.6. The van der Waals surface area contributed by atoms with E-state index in [4.69, 9.17) is 4.74 Å². The van der Waals surface area contributed by atoms with E-state index in [9.17, 15) is 29.7 Å². The fourth-order valence-electron chi connectivity index (χ4n) is 5.62. The van der Waals surface area contributed by atoms with Crippen LogP contribution in [0.25, 0.3) is 0 Å². The van der Waals surface area contributed by atoms with Crippen molar-refractivity contribution in [3.05, 3.63) is 87.5 Å². The number of carbonyl (C=O) groups excluding carboxylic acids is 2. The smallest absolute Gasteiger partial charge is 0.351 e. The van der Waals surface area contributed by atoms with Crippen LogP contribution in [0, 0.1) is 0 Å². The first kappa shape index (κ1) is 29.6. The van der Waals surface area contributed by atoms with E-state index in [1.165, 1.54) is 35.5 Å². The highest BCUT2D eigenvalue weighted by Gasteiger charge is 2.43. The van der Waals surface area contributed by atoms with Crippen molar-refractivity contribution in [2.24, 2.45) is 0 Å². The Morgan fingerprint density at radius 1 is 0.905 bits per heavy atom. The summed E-state index contributed by atoms with van der Waals surface area (Å²) >= 11 is 0. The van der Waals surface area contributed by atoms with E-state index in [0.29, 0.717) is 11.3 Å². The van der Waals surface area contributed by atoms with Crippen LogP contribution in [0.5, 0.6) is 0 Å². The zero-order valence-electron chi connectivity index (χ0n) is 24.0. The molecule has 222 valence electrons. The number of nitrogens with zero attached hydrogens (tertiary/aromatic N) is 2. The molecule has 42 heavy (non-hydrogen) atoms. The van der Waals surface area contributed by atoms with Gasteiger partial charge < -0.3 is 30.7 Å². The summed E-state index contributed by atoms with van der Waals surface area (Å²) in [5, 5.41) is 34.8. The summed E-state index contributed by atoms with van der Waals surface area (Å²) < 4.78 is 6.32. The number of fused-ring (bicyclic) bond motifs is 1. The van der Waals surface area contributed by atoms with E-state index in [1.807, 2.05) is 6.07 Å². The third kappa shape index (κ3) is 5.60. The fourth-order valence-corrected chi connectivity index (χ4v) is 5.62. The van der Waals surface area contributed by atoms with Gasteiger partial charge in [0.05, 0.1) is 6.61 Å². The summed E-state index contributed by atoms with van der Waals surface area (Å²) in [7, 11) is 0. The Morgan fingerprint density at radius 3 is 2.07 bits per heavy atom. The van der Waals surface area contributed by atoms with Gasteiger partial charge in [-0.1, -0.05) is 33.8 Å². The molecule has 0 spiro atoms. The van der Waals surface area contributed by atoms with Gasteiger partial charge in [-0.25, -0.2) is 4.79 Å². The number of aliphatic hydroxyl groups is 3. The number of aliphatic hydroxyl groups excluding tert-OH is 3. The molecular weight excluding hydrogens is 540 g/mol. The second-order valence-corrected chi connectivity index (χ2v) is 12.2. The standard InChI is InChI=1S/C31H36N4O7/c1-30(2)12-13-31(3,4)21-15-19(9-10-20(21)30)32-26(39)17-5-7-18(8-6-17)27(40)33-23-11-14-35(29(41)34-23)28-25(38)24(37)22(16-36)42-28/h5-11,14-15,22,24-25,28,36-38H,12-13,16H2,1-4H3,(H,32,39)(H,33,34,40,41)/t22-,24-,25+,28-/m1/s1. The molecule has 2 heterocycles. The minimum atomic E-state index is -1.44. The first-order chi connectivity index (χ1) is 19.8. The van der Waals surface area contributed by atoms with Crippen LogP contribution in [0.3, 0.4) is 0 Å². The van der Waals surface area contributed by atoms with Crippen molar-refractivity contribution in [3.63, 3.8) is 0 Å². The molecule has 0 bridgehead atoms. The number of anilines is 2. The summed E-state index contributed by atoms with van der Waals surface area (Å²) in [5.41, 5.74) is 3.14. The Bertz CT molecular complexity index is 1560. The van der Waals surface area contributed by atoms with E-state index in [1.54, 1.807) is 12.1 Å². The first-order valence-electron chi connectivity index (χ1n) is 13.9. The fraction of sp³-hybridized carbons (Fsp3) is 0.419. The molecule has 5 N–H and O–H groups in total. The van der Waals surface area contributed by atoms with Gasteiger partial charge in [0.25, 0.3) is 11.8 Å². The Morgan fingerprint density at radius 2 is 1.50 bits per heavy atom. The summed E-state index contributed by atoms with van der Waals surface area (Å²) in [4.78, 5) is 42.1. The maximum atomic E-state index is 13.0. The average Bonchev–Trinajstić information content (AvgIpc) is 3.24. The van der Waals surface area contributed by atoms with Gasteiger partial charge in [-0.15, -0.1) is 0 Å². The van der Waals surface area contributed by atoms with Crippen LogP contribution in [0.15, 0.2) is 59.5 Å². The lowest BCUT2D eigenvalue weighted by Gasteiger charge is -2.42. The van der Waals surface area contributed by atoms with Crippen molar-refractivity contribution >= 4 is 23.3 Å². The Labute approximate surface area is 243 Å². The third-order valence-corrected chi connectivity index (χ3v) is 8.38. The molecule has 3 aromatic rings.